The first-order valence-electron chi connectivity index (χ1n) is 11.4. The lowest BCUT2D eigenvalue weighted by molar-refractivity contribution is -0.117. The molecule has 33 heavy (non-hydrogen) atoms. The molecule has 1 heterocycles. The first kappa shape index (κ1) is 22.6. The van der Waals surface area contributed by atoms with Crippen molar-refractivity contribution in [2.75, 3.05) is 26.8 Å². The van der Waals surface area contributed by atoms with Gasteiger partial charge in [-0.2, -0.15) is 0 Å². The van der Waals surface area contributed by atoms with Gasteiger partial charge in [0, 0.05) is 24.7 Å². The number of hydrogen-bond acceptors (Lipinski definition) is 4. The molecule has 4 rings (SSSR count). The number of hydrogen-bond donors (Lipinski definition) is 2. The number of ether oxygens (including phenoxy) is 2. The Morgan fingerprint density at radius 1 is 0.939 bits per heavy atom. The van der Waals surface area contributed by atoms with E-state index in [0.717, 1.165) is 46.6 Å². The van der Waals surface area contributed by atoms with Crippen LogP contribution in [0, 0.1) is 0 Å². The second-order valence-electron chi connectivity index (χ2n) is 7.96. The summed E-state index contributed by atoms with van der Waals surface area (Å²) < 4.78 is 11.0. The monoisotopic (exact) mass is 442 g/mol. The van der Waals surface area contributed by atoms with E-state index in [-0.39, 0.29) is 5.91 Å². The van der Waals surface area contributed by atoms with Crippen LogP contribution in [0.1, 0.15) is 24.5 Å². The molecule has 0 aliphatic carbocycles. The van der Waals surface area contributed by atoms with Gasteiger partial charge in [-0.05, 0) is 65.9 Å². The van der Waals surface area contributed by atoms with Crippen LogP contribution < -0.4 is 20.1 Å². The molecular weight excluding hydrogens is 412 g/mol. The first-order valence-corrected chi connectivity index (χ1v) is 11.4. The van der Waals surface area contributed by atoms with Gasteiger partial charge < -0.3 is 20.1 Å². The molecule has 170 valence electrons. The minimum atomic E-state index is -0.0527. The van der Waals surface area contributed by atoms with Gasteiger partial charge in [0.1, 0.15) is 11.5 Å². The molecule has 0 bridgehead atoms. The van der Waals surface area contributed by atoms with E-state index in [1.807, 2.05) is 43.3 Å². The van der Waals surface area contributed by atoms with E-state index in [2.05, 4.69) is 47.0 Å². The van der Waals surface area contributed by atoms with E-state index in [0.29, 0.717) is 25.4 Å². The van der Waals surface area contributed by atoms with Crippen molar-refractivity contribution in [2.45, 2.75) is 19.9 Å². The third-order valence-electron chi connectivity index (χ3n) is 5.75. The zero-order valence-corrected chi connectivity index (χ0v) is 19.2. The van der Waals surface area contributed by atoms with Gasteiger partial charge in [0.15, 0.2) is 0 Å². The maximum Gasteiger partial charge on any atom is 0.249 e. The molecule has 0 saturated heterocycles. The average molecular weight is 443 g/mol. The molecule has 0 unspecified atom stereocenters. The van der Waals surface area contributed by atoms with Crippen LogP contribution in [0.15, 0.2) is 78.4 Å². The summed E-state index contributed by atoms with van der Waals surface area (Å²) in [7, 11) is 1.63. The van der Waals surface area contributed by atoms with Crippen LogP contribution in [0.3, 0.4) is 0 Å². The molecule has 0 radical (unpaired) electrons. The van der Waals surface area contributed by atoms with Crippen LogP contribution in [0.25, 0.3) is 16.7 Å². The Morgan fingerprint density at radius 3 is 2.48 bits per heavy atom. The van der Waals surface area contributed by atoms with Gasteiger partial charge in [0.2, 0.25) is 5.91 Å². The lowest BCUT2D eigenvalue weighted by atomic mass is 9.91. The molecule has 2 N–H and O–H groups in total. The SMILES string of the molecule is CCOc1cc(CNC(=O)C2=C(c3cccc(-c4ccccc4)c3)CCNC2)cc(OC)c1. The molecule has 0 fully saturated rings. The number of carbonyl (C=O) groups excluding carboxylic acids is 1. The normalized spacial score (nSPS) is 13.5. The zero-order valence-electron chi connectivity index (χ0n) is 19.2. The molecule has 0 spiro atoms. The summed E-state index contributed by atoms with van der Waals surface area (Å²) in [5.41, 5.74) is 6.25. The van der Waals surface area contributed by atoms with E-state index < -0.39 is 0 Å². The predicted molar refractivity (Wildman–Crippen MR) is 132 cm³/mol. The summed E-state index contributed by atoms with van der Waals surface area (Å²) in [6.45, 7) is 4.33. The third kappa shape index (κ3) is 5.62. The van der Waals surface area contributed by atoms with Crippen molar-refractivity contribution in [2.24, 2.45) is 0 Å². The summed E-state index contributed by atoms with van der Waals surface area (Å²) in [5.74, 6) is 1.39. The fourth-order valence-electron chi connectivity index (χ4n) is 4.13. The smallest absolute Gasteiger partial charge is 0.249 e. The second-order valence-corrected chi connectivity index (χ2v) is 7.96. The Bertz CT molecular complexity index is 1140. The van der Waals surface area contributed by atoms with E-state index in [9.17, 15) is 4.79 Å². The number of rotatable bonds is 8. The Balaban J connectivity index is 1.56. The van der Waals surface area contributed by atoms with Crippen molar-refractivity contribution in [3.63, 3.8) is 0 Å². The van der Waals surface area contributed by atoms with E-state index >= 15 is 0 Å². The summed E-state index contributed by atoms with van der Waals surface area (Å²) in [4.78, 5) is 13.2. The van der Waals surface area contributed by atoms with Crippen LogP contribution >= 0.6 is 0 Å². The minimum absolute atomic E-state index is 0.0527. The second kappa shape index (κ2) is 10.8. The average Bonchev–Trinajstić information content (AvgIpc) is 2.88. The van der Waals surface area contributed by atoms with Crippen molar-refractivity contribution >= 4 is 11.5 Å². The summed E-state index contributed by atoms with van der Waals surface area (Å²) in [5, 5.41) is 6.43. The number of nitrogens with one attached hydrogen (secondary N) is 2. The topological polar surface area (TPSA) is 59.6 Å². The van der Waals surface area contributed by atoms with Crippen molar-refractivity contribution in [1.29, 1.82) is 0 Å². The highest BCUT2D eigenvalue weighted by atomic mass is 16.5. The van der Waals surface area contributed by atoms with Gasteiger partial charge in [-0.15, -0.1) is 0 Å². The number of benzene rings is 3. The Kier molecular flexibility index (Phi) is 7.43. The minimum Gasteiger partial charge on any atom is -0.497 e. The number of amides is 1. The maximum absolute atomic E-state index is 13.2. The van der Waals surface area contributed by atoms with Gasteiger partial charge in [0.25, 0.3) is 0 Å². The molecule has 3 aromatic rings. The number of carbonyl (C=O) groups is 1. The molecule has 3 aromatic carbocycles. The molecule has 0 atom stereocenters. The highest BCUT2D eigenvalue weighted by Gasteiger charge is 2.20. The molecule has 0 aromatic heterocycles. The van der Waals surface area contributed by atoms with Crippen LogP contribution in [0.2, 0.25) is 0 Å². The van der Waals surface area contributed by atoms with E-state index in [1.54, 1.807) is 7.11 Å². The van der Waals surface area contributed by atoms with Crippen molar-refractivity contribution in [3.8, 4) is 22.6 Å². The van der Waals surface area contributed by atoms with Crippen LogP contribution in [-0.4, -0.2) is 32.7 Å². The van der Waals surface area contributed by atoms with Crippen molar-refractivity contribution in [1.82, 2.24) is 10.6 Å². The van der Waals surface area contributed by atoms with Gasteiger partial charge in [-0.25, -0.2) is 0 Å². The van der Waals surface area contributed by atoms with Gasteiger partial charge in [-0.1, -0.05) is 48.5 Å². The van der Waals surface area contributed by atoms with Gasteiger partial charge in [-0.3, -0.25) is 4.79 Å². The first-order chi connectivity index (χ1) is 16.2. The molecule has 5 heteroatoms. The molecule has 1 aliphatic heterocycles. The third-order valence-corrected chi connectivity index (χ3v) is 5.75. The Hall–Kier alpha value is -3.57. The molecule has 1 amide bonds. The van der Waals surface area contributed by atoms with E-state index in [4.69, 9.17) is 9.47 Å². The molecule has 1 aliphatic rings. The Labute approximate surface area is 195 Å². The molecule has 0 saturated carbocycles. The number of methoxy groups -OCH3 is 1. The van der Waals surface area contributed by atoms with Gasteiger partial charge in [0.05, 0.1) is 13.7 Å². The van der Waals surface area contributed by atoms with Crippen LogP contribution in [0.5, 0.6) is 11.5 Å². The molecular formula is C28H30N2O3. The van der Waals surface area contributed by atoms with Crippen molar-refractivity contribution in [3.05, 3.63) is 89.5 Å². The maximum atomic E-state index is 13.2. The largest absolute Gasteiger partial charge is 0.497 e. The lowest BCUT2D eigenvalue weighted by Gasteiger charge is -2.22. The fourth-order valence-corrected chi connectivity index (χ4v) is 4.13. The predicted octanol–water partition coefficient (Wildman–Crippen LogP) is 4.82. The quantitative estimate of drug-likeness (QED) is 0.525. The van der Waals surface area contributed by atoms with E-state index in [1.165, 1.54) is 5.56 Å². The summed E-state index contributed by atoms with van der Waals surface area (Å²) in [6.07, 6.45) is 0.814. The lowest BCUT2D eigenvalue weighted by Crippen LogP contribution is -2.34. The summed E-state index contributed by atoms with van der Waals surface area (Å²) in [6, 6.07) is 24.5. The zero-order chi connectivity index (χ0) is 23.0. The standard InChI is InChI=1S/C28H30N2O3/c1-3-33-25-15-20(14-24(17-25)32-2)18-30-28(31)27-19-29-13-12-26(27)23-11-7-10-22(16-23)21-8-5-4-6-9-21/h4-11,14-17,29H,3,12-13,18-19H2,1-2H3,(H,30,31). The van der Waals surface area contributed by atoms with Gasteiger partial charge >= 0.3 is 0 Å². The highest BCUT2D eigenvalue weighted by molar-refractivity contribution is 6.02. The Morgan fingerprint density at radius 2 is 1.70 bits per heavy atom. The van der Waals surface area contributed by atoms with Crippen LogP contribution in [-0.2, 0) is 11.3 Å². The highest BCUT2D eigenvalue weighted by Crippen LogP contribution is 2.29. The molecule has 5 nitrogen and oxygen atoms in total. The summed E-state index contributed by atoms with van der Waals surface area (Å²) >= 11 is 0. The van der Waals surface area contributed by atoms with Crippen LogP contribution in [0.4, 0.5) is 0 Å². The van der Waals surface area contributed by atoms with Crippen molar-refractivity contribution < 1.29 is 14.3 Å². The fraction of sp³-hybridized carbons (Fsp3) is 0.250.